The Morgan fingerprint density at radius 1 is 1.14 bits per heavy atom. The zero-order valence-electron chi connectivity index (χ0n) is 18.1. The van der Waals surface area contributed by atoms with Crippen molar-refractivity contribution in [2.24, 2.45) is 10.9 Å². The van der Waals surface area contributed by atoms with Crippen molar-refractivity contribution in [3.63, 3.8) is 0 Å². The molecular weight excluding hydrogens is 386 g/mol. The number of anilines is 1. The Balaban J connectivity index is 0.000000307. The molecule has 0 saturated heterocycles. The summed E-state index contributed by atoms with van der Waals surface area (Å²) >= 11 is 2.77. The largest absolute Gasteiger partial charge is 0.386 e. The molecule has 0 amide bonds. The Morgan fingerprint density at radius 3 is 1.93 bits per heavy atom. The van der Waals surface area contributed by atoms with Crippen LogP contribution in [-0.2, 0) is 5.60 Å². The van der Waals surface area contributed by atoms with E-state index < -0.39 is 5.60 Å². The lowest BCUT2D eigenvalue weighted by Gasteiger charge is -2.21. The highest BCUT2D eigenvalue weighted by molar-refractivity contribution is 7.99. The van der Waals surface area contributed by atoms with Crippen molar-refractivity contribution in [3.05, 3.63) is 58.2 Å². The molecule has 6 heteroatoms. The second-order valence-corrected chi connectivity index (χ2v) is 9.95. The first-order valence-corrected chi connectivity index (χ1v) is 11.2. The third-order valence-corrected chi connectivity index (χ3v) is 5.92. The van der Waals surface area contributed by atoms with Crippen LogP contribution in [0.4, 0.5) is 5.69 Å². The predicted octanol–water partition coefficient (Wildman–Crippen LogP) is 6.02. The zero-order chi connectivity index (χ0) is 21.6. The van der Waals surface area contributed by atoms with Crippen molar-refractivity contribution < 1.29 is 5.11 Å². The molecule has 1 heterocycles. The van der Waals surface area contributed by atoms with Gasteiger partial charge in [-0.1, -0.05) is 52.0 Å². The van der Waals surface area contributed by atoms with E-state index in [1.165, 1.54) is 28.6 Å². The van der Waals surface area contributed by atoms with Gasteiger partial charge in [0.25, 0.3) is 0 Å². The number of aryl methyl sites for hydroxylation is 1. The molecule has 0 aliphatic rings. The lowest BCUT2D eigenvalue weighted by molar-refractivity contribution is 0.0789. The number of benzene rings is 1. The van der Waals surface area contributed by atoms with Gasteiger partial charge in [-0.3, -0.25) is 5.14 Å². The Morgan fingerprint density at radius 2 is 1.64 bits per heavy atom. The van der Waals surface area contributed by atoms with E-state index in [4.69, 9.17) is 10.9 Å². The quantitative estimate of drug-likeness (QED) is 0.428. The van der Waals surface area contributed by atoms with Gasteiger partial charge in [-0.05, 0) is 72.7 Å². The van der Waals surface area contributed by atoms with Crippen LogP contribution in [0.15, 0.2) is 40.2 Å². The normalized spacial score (nSPS) is 11.4. The molecule has 4 nitrogen and oxygen atoms in total. The van der Waals surface area contributed by atoms with Gasteiger partial charge in [0.2, 0.25) is 0 Å². The molecule has 0 unspecified atom stereocenters. The Labute approximate surface area is 178 Å². The topological polar surface area (TPSA) is 84.3 Å². The van der Waals surface area contributed by atoms with Gasteiger partial charge in [0.15, 0.2) is 0 Å². The summed E-state index contributed by atoms with van der Waals surface area (Å²) < 4.78 is 1.03. The van der Waals surface area contributed by atoms with Crippen molar-refractivity contribution >= 4 is 29.0 Å². The summed E-state index contributed by atoms with van der Waals surface area (Å²) in [5.41, 5.74) is 10.9. The number of hydrogen-bond donors (Lipinski definition) is 4. The van der Waals surface area contributed by atoms with Gasteiger partial charge in [-0.2, -0.15) is 0 Å². The maximum absolute atomic E-state index is 9.55. The number of aliphatic hydroxyl groups is 1. The summed E-state index contributed by atoms with van der Waals surface area (Å²) in [6.45, 7) is 18.2. The third-order valence-electron chi connectivity index (χ3n) is 4.27. The van der Waals surface area contributed by atoms with Crippen LogP contribution in [0.25, 0.3) is 0 Å². The minimum Gasteiger partial charge on any atom is -0.386 e. The molecule has 1 aromatic heterocycles. The lowest BCUT2D eigenvalue weighted by Crippen LogP contribution is -2.13. The minimum atomic E-state index is -0.746. The van der Waals surface area contributed by atoms with Gasteiger partial charge in [-0.25, -0.2) is 0 Å². The average molecular weight is 422 g/mol. The molecule has 2 rings (SSSR count). The molecule has 0 bridgehead atoms. The maximum Gasteiger partial charge on any atom is 0.0930 e. The third kappa shape index (κ3) is 7.17. The standard InChI is InChI=1S/C15H24N2.C7H11NOS2/c1-9(2)13-7-11(5)8-14(10(3)4)15(13)17-12(6)16;1-7(2,9)5-3-6(11-8)10-4-5/h7-10,17H,6,16H2,1-5H3;3-4,9H,8H2,1-2H3. The molecule has 0 atom stereocenters. The number of nitrogens with two attached hydrogens (primary N) is 2. The number of rotatable bonds is 6. The van der Waals surface area contributed by atoms with Crippen LogP contribution in [-0.4, -0.2) is 5.11 Å². The van der Waals surface area contributed by atoms with Crippen molar-refractivity contribution in [2.75, 3.05) is 5.32 Å². The van der Waals surface area contributed by atoms with Gasteiger partial charge in [0.1, 0.15) is 0 Å². The highest BCUT2D eigenvalue weighted by Gasteiger charge is 2.17. The van der Waals surface area contributed by atoms with Crippen LogP contribution >= 0.6 is 23.3 Å². The van der Waals surface area contributed by atoms with Crippen LogP contribution in [0.2, 0.25) is 0 Å². The molecule has 0 aliphatic carbocycles. The first-order chi connectivity index (χ1) is 12.9. The fourth-order valence-electron chi connectivity index (χ4n) is 2.76. The average Bonchev–Trinajstić information content (AvgIpc) is 3.05. The molecule has 0 spiro atoms. The number of thiophene rings is 1. The molecule has 0 fully saturated rings. The van der Waals surface area contributed by atoms with Gasteiger partial charge in [0.05, 0.1) is 15.6 Å². The summed E-state index contributed by atoms with van der Waals surface area (Å²) in [7, 11) is 0. The summed E-state index contributed by atoms with van der Waals surface area (Å²) in [4.78, 5) is 0. The monoisotopic (exact) mass is 421 g/mol. The highest BCUT2D eigenvalue weighted by Crippen LogP contribution is 2.34. The van der Waals surface area contributed by atoms with E-state index in [0.29, 0.717) is 17.7 Å². The first-order valence-electron chi connectivity index (χ1n) is 9.40. The van der Waals surface area contributed by atoms with Crippen LogP contribution < -0.4 is 16.2 Å². The van der Waals surface area contributed by atoms with E-state index in [-0.39, 0.29) is 0 Å². The maximum atomic E-state index is 9.55. The molecule has 0 radical (unpaired) electrons. The zero-order valence-corrected chi connectivity index (χ0v) is 19.7. The van der Waals surface area contributed by atoms with Crippen LogP contribution in [0, 0.1) is 6.92 Å². The van der Waals surface area contributed by atoms with E-state index in [9.17, 15) is 5.11 Å². The van der Waals surface area contributed by atoms with E-state index >= 15 is 0 Å². The molecule has 1 aromatic carbocycles. The van der Waals surface area contributed by atoms with Gasteiger partial charge >= 0.3 is 0 Å². The summed E-state index contributed by atoms with van der Waals surface area (Å²) in [5, 5.41) is 20.0. The molecule has 6 N–H and O–H groups in total. The van der Waals surface area contributed by atoms with E-state index in [1.807, 2.05) is 11.4 Å². The van der Waals surface area contributed by atoms with E-state index in [2.05, 4.69) is 58.6 Å². The Hall–Kier alpha value is -1.47. The van der Waals surface area contributed by atoms with Crippen LogP contribution in [0.5, 0.6) is 0 Å². The van der Waals surface area contributed by atoms with Crippen molar-refractivity contribution in [2.45, 2.75) is 70.1 Å². The second kappa shape index (κ2) is 10.3. The highest BCUT2D eigenvalue weighted by atomic mass is 32.2. The molecule has 0 aliphatic heterocycles. The number of nitrogens with one attached hydrogen (secondary N) is 1. The fourth-order valence-corrected chi connectivity index (χ4v) is 4.11. The van der Waals surface area contributed by atoms with Gasteiger partial charge in [0, 0.05) is 5.69 Å². The lowest BCUT2D eigenvalue weighted by atomic mass is 9.90. The fraction of sp³-hybridized carbons (Fsp3) is 0.455. The van der Waals surface area contributed by atoms with E-state index in [0.717, 1.165) is 15.5 Å². The SMILES string of the molecule is C=C(N)Nc1c(C(C)C)cc(C)cc1C(C)C.CC(C)(O)c1csc(SN)c1. The minimum absolute atomic E-state index is 0.467. The molecular formula is C22H35N3OS2. The summed E-state index contributed by atoms with van der Waals surface area (Å²) in [5.74, 6) is 1.43. The van der Waals surface area contributed by atoms with Crippen LogP contribution in [0.3, 0.4) is 0 Å². The summed E-state index contributed by atoms with van der Waals surface area (Å²) in [6, 6.07) is 6.36. The van der Waals surface area contributed by atoms with Crippen LogP contribution in [0.1, 0.15) is 75.6 Å². The van der Waals surface area contributed by atoms with E-state index in [1.54, 1.807) is 25.2 Å². The van der Waals surface area contributed by atoms with Crippen molar-refractivity contribution in [1.82, 2.24) is 0 Å². The van der Waals surface area contributed by atoms with Crippen molar-refractivity contribution in [3.8, 4) is 0 Å². The molecule has 0 saturated carbocycles. The van der Waals surface area contributed by atoms with Crippen molar-refractivity contribution in [1.29, 1.82) is 0 Å². The molecule has 156 valence electrons. The van der Waals surface area contributed by atoms with Gasteiger partial charge in [-0.15, -0.1) is 11.3 Å². The molecule has 2 aromatic rings. The molecule has 28 heavy (non-hydrogen) atoms. The smallest absolute Gasteiger partial charge is 0.0930 e. The number of hydrogen-bond acceptors (Lipinski definition) is 6. The Bertz CT molecular complexity index is 760. The predicted molar refractivity (Wildman–Crippen MR) is 126 cm³/mol. The first kappa shape index (κ1) is 24.6. The second-order valence-electron chi connectivity index (χ2n) is 8.11. The Kier molecular flexibility index (Phi) is 9.08. The van der Waals surface area contributed by atoms with Gasteiger partial charge < -0.3 is 16.2 Å². The summed E-state index contributed by atoms with van der Waals surface area (Å²) in [6.07, 6.45) is 0.